The van der Waals surface area contributed by atoms with Crippen molar-refractivity contribution in [1.29, 1.82) is 0 Å². The highest BCUT2D eigenvalue weighted by Crippen LogP contribution is 2.18. The summed E-state index contributed by atoms with van der Waals surface area (Å²) in [4.78, 5) is 12.1. The predicted octanol–water partition coefficient (Wildman–Crippen LogP) is 3.13. The molecule has 0 aromatic heterocycles. The van der Waals surface area contributed by atoms with Crippen LogP contribution in [0.5, 0.6) is 5.75 Å². The summed E-state index contributed by atoms with van der Waals surface area (Å²) in [5, 5.41) is 3.41. The number of para-hydroxylation sites is 1. The molecule has 1 saturated heterocycles. The minimum absolute atomic E-state index is 0. The molecular formula is C22H40IN5O. The maximum atomic E-state index is 5.48. The maximum Gasteiger partial charge on any atom is 0.193 e. The average molecular weight is 518 g/mol. The molecule has 166 valence electrons. The van der Waals surface area contributed by atoms with Gasteiger partial charge >= 0.3 is 0 Å². The number of unbranched alkanes of at least 4 members (excludes halogenated alkanes) is 1. The van der Waals surface area contributed by atoms with Crippen LogP contribution in [0.2, 0.25) is 0 Å². The van der Waals surface area contributed by atoms with Crippen molar-refractivity contribution in [3.8, 4) is 5.75 Å². The molecule has 7 heteroatoms. The molecule has 0 amide bonds. The van der Waals surface area contributed by atoms with Crippen molar-refractivity contribution in [2.24, 2.45) is 4.99 Å². The van der Waals surface area contributed by atoms with Crippen molar-refractivity contribution >= 4 is 29.9 Å². The van der Waals surface area contributed by atoms with Crippen LogP contribution in [0.1, 0.15) is 32.3 Å². The number of methoxy groups -OCH3 is 1. The molecule has 6 nitrogen and oxygen atoms in total. The van der Waals surface area contributed by atoms with Crippen LogP contribution in [0.25, 0.3) is 0 Å². The van der Waals surface area contributed by atoms with Crippen molar-refractivity contribution in [3.63, 3.8) is 0 Å². The third-order valence-corrected chi connectivity index (χ3v) is 5.35. The molecule has 0 bridgehead atoms. The Labute approximate surface area is 194 Å². The van der Waals surface area contributed by atoms with E-state index in [0.29, 0.717) is 0 Å². The lowest BCUT2D eigenvalue weighted by Crippen LogP contribution is -2.46. The minimum atomic E-state index is 0. The van der Waals surface area contributed by atoms with Gasteiger partial charge in [0.15, 0.2) is 5.96 Å². The Kier molecular flexibility index (Phi) is 13.3. The van der Waals surface area contributed by atoms with E-state index >= 15 is 0 Å². The van der Waals surface area contributed by atoms with Crippen LogP contribution in [0.3, 0.4) is 0 Å². The van der Waals surface area contributed by atoms with Gasteiger partial charge in [0.1, 0.15) is 5.75 Å². The fourth-order valence-corrected chi connectivity index (χ4v) is 3.59. The lowest BCUT2D eigenvalue weighted by molar-refractivity contribution is 0.136. The molecule has 1 aliphatic rings. The van der Waals surface area contributed by atoms with Gasteiger partial charge in [-0.3, -0.25) is 4.99 Å². The molecule has 1 aromatic carbocycles. The van der Waals surface area contributed by atoms with Gasteiger partial charge in [-0.05, 0) is 38.9 Å². The zero-order valence-electron chi connectivity index (χ0n) is 18.7. The Morgan fingerprint density at radius 2 is 1.79 bits per heavy atom. The Balaban J connectivity index is 0.00000420. The van der Waals surface area contributed by atoms with E-state index in [1.807, 2.05) is 12.1 Å². The molecule has 1 N–H and O–H groups in total. The molecule has 2 rings (SSSR count). The van der Waals surface area contributed by atoms with Crippen LogP contribution in [-0.4, -0.2) is 87.2 Å². The van der Waals surface area contributed by atoms with E-state index in [0.717, 1.165) is 37.8 Å². The van der Waals surface area contributed by atoms with Crippen LogP contribution in [0.4, 0.5) is 0 Å². The highest BCUT2D eigenvalue weighted by Gasteiger charge is 2.14. The standard InChI is InChI=1S/C22H39N5O.HI/c1-5-23-22(25(3)19-20-11-7-8-12-21(20)28-4)24-13-9-10-14-27-17-15-26(6-2)16-18-27;/h7-8,11-12H,5-6,9-10,13-19H2,1-4H3,(H,23,24);1H. The average Bonchev–Trinajstić information content (AvgIpc) is 2.73. The smallest absolute Gasteiger partial charge is 0.193 e. The quantitative estimate of drug-likeness (QED) is 0.224. The number of rotatable bonds is 10. The van der Waals surface area contributed by atoms with E-state index in [-0.39, 0.29) is 24.0 Å². The van der Waals surface area contributed by atoms with Crippen molar-refractivity contribution < 1.29 is 4.74 Å². The van der Waals surface area contributed by atoms with Crippen molar-refractivity contribution in [2.45, 2.75) is 33.2 Å². The predicted molar refractivity (Wildman–Crippen MR) is 134 cm³/mol. The third kappa shape index (κ3) is 9.09. The number of halogens is 1. The number of benzene rings is 1. The molecule has 0 saturated carbocycles. The number of piperazine rings is 1. The summed E-state index contributed by atoms with van der Waals surface area (Å²) in [6.07, 6.45) is 2.34. The highest BCUT2D eigenvalue weighted by molar-refractivity contribution is 14.0. The summed E-state index contributed by atoms with van der Waals surface area (Å²) in [6, 6.07) is 8.17. The minimum Gasteiger partial charge on any atom is -0.496 e. The van der Waals surface area contributed by atoms with Gasteiger partial charge in [0, 0.05) is 58.4 Å². The first-order valence-corrected chi connectivity index (χ1v) is 10.7. The largest absolute Gasteiger partial charge is 0.496 e. The molecule has 0 aliphatic carbocycles. The van der Waals surface area contributed by atoms with Crippen LogP contribution in [-0.2, 0) is 6.54 Å². The zero-order valence-corrected chi connectivity index (χ0v) is 21.0. The van der Waals surface area contributed by atoms with Crippen LogP contribution >= 0.6 is 24.0 Å². The number of aliphatic imine (C=N–C) groups is 1. The Morgan fingerprint density at radius 1 is 1.10 bits per heavy atom. The number of hydrogen-bond donors (Lipinski definition) is 1. The summed E-state index contributed by atoms with van der Waals surface area (Å²) < 4.78 is 5.48. The van der Waals surface area contributed by atoms with Crippen molar-refractivity contribution in [1.82, 2.24) is 20.0 Å². The molecule has 0 radical (unpaired) electrons. The molecule has 0 spiro atoms. The van der Waals surface area contributed by atoms with E-state index in [1.54, 1.807) is 7.11 Å². The van der Waals surface area contributed by atoms with Crippen LogP contribution in [0, 0.1) is 0 Å². The lowest BCUT2D eigenvalue weighted by atomic mass is 10.2. The SMILES string of the molecule is CCNC(=NCCCCN1CCN(CC)CC1)N(C)Cc1ccccc1OC.I. The summed E-state index contributed by atoms with van der Waals surface area (Å²) >= 11 is 0. The van der Waals surface area contributed by atoms with Gasteiger partial charge in [-0.2, -0.15) is 0 Å². The molecule has 0 atom stereocenters. The summed E-state index contributed by atoms with van der Waals surface area (Å²) in [6.45, 7) is 14.1. The van der Waals surface area contributed by atoms with Gasteiger partial charge in [-0.15, -0.1) is 24.0 Å². The van der Waals surface area contributed by atoms with Gasteiger partial charge in [0.2, 0.25) is 0 Å². The summed E-state index contributed by atoms with van der Waals surface area (Å²) in [7, 11) is 3.81. The van der Waals surface area contributed by atoms with E-state index in [9.17, 15) is 0 Å². The van der Waals surface area contributed by atoms with E-state index in [2.05, 4.69) is 53.0 Å². The van der Waals surface area contributed by atoms with Gasteiger partial charge in [-0.25, -0.2) is 0 Å². The molecule has 1 heterocycles. The number of likely N-dealkylation sites (N-methyl/N-ethyl adjacent to an activating group) is 1. The van der Waals surface area contributed by atoms with Crippen LogP contribution in [0.15, 0.2) is 29.3 Å². The Morgan fingerprint density at radius 3 is 2.45 bits per heavy atom. The van der Waals surface area contributed by atoms with E-state index in [1.165, 1.54) is 51.3 Å². The maximum absolute atomic E-state index is 5.48. The van der Waals surface area contributed by atoms with Gasteiger partial charge in [-0.1, -0.05) is 25.1 Å². The number of ether oxygens (including phenoxy) is 1. The van der Waals surface area contributed by atoms with Crippen molar-refractivity contribution in [3.05, 3.63) is 29.8 Å². The van der Waals surface area contributed by atoms with Gasteiger partial charge in [0.05, 0.1) is 7.11 Å². The van der Waals surface area contributed by atoms with Gasteiger partial charge < -0.3 is 24.8 Å². The van der Waals surface area contributed by atoms with E-state index in [4.69, 9.17) is 9.73 Å². The van der Waals surface area contributed by atoms with Crippen molar-refractivity contribution in [2.75, 3.05) is 66.5 Å². The van der Waals surface area contributed by atoms with Gasteiger partial charge in [0.25, 0.3) is 0 Å². The lowest BCUT2D eigenvalue weighted by Gasteiger charge is -2.33. The fraction of sp³-hybridized carbons (Fsp3) is 0.682. The fourth-order valence-electron chi connectivity index (χ4n) is 3.59. The molecule has 0 unspecified atom stereocenters. The Hall–Kier alpha value is -1.06. The molecule has 1 aliphatic heterocycles. The molecule has 29 heavy (non-hydrogen) atoms. The summed E-state index contributed by atoms with van der Waals surface area (Å²) in [5.74, 6) is 1.89. The second kappa shape index (κ2) is 14.8. The Bertz CT molecular complexity index is 590. The normalized spacial score (nSPS) is 15.7. The first-order chi connectivity index (χ1) is 13.7. The number of nitrogens with zero attached hydrogens (tertiary/aromatic N) is 4. The highest BCUT2D eigenvalue weighted by atomic mass is 127. The number of nitrogens with one attached hydrogen (secondary N) is 1. The second-order valence-electron chi connectivity index (χ2n) is 7.39. The first-order valence-electron chi connectivity index (χ1n) is 10.7. The second-order valence-corrected chi connectivity index (χ2v) is 7.39. The zero-order chi connectivity index (χ0) is 20.2. The molecule has 1 fully saturated rings. The molecular weight excluding hydrogens is 477 g/mol. The topological polar surface area (TPSA) is 43.3 Å². The molecule has 1 aromatic rings. The number of guanidine groups is 1. The summed E-state index contributed by atoms with van der Waals surface area (Å²) in [5.41, 5.74) is 1.17. The monoisotopic (exact) mass is 517 g/mol. The number of hydrogen-bond acceptors (Lipinski definition) is 4. The van der Waals surface area contributed by atoms with E-state index < -0.39 is 0 Å². The van der Waals surface area contributed by atoms with Crippen LogP contribution < -0.4 is 10.1 Å². The third-order valence-electron chi connectivity index (χ3n) is 5.35. The first kappa shape index (κ1) is 26.0.